The Balaban J connectivity index is 1.32. The van der Waals surface area contributed by atoms with E-state index in [4.69, 9.17) is 14.2 Å². The van der Waals surface area contributed by atoms with Crippen LogP contribution in [0.4, 0.5) is 11.4 Å². The van der Waals surface area contributed by atoms with Gasteiger partial charge in [0, 0.05) is 11.6 Å². The highest BCUT2D eigenvalue weighted by Gasteiger charge is 2.77. The number of hydrogen-bond donors (Lipinski definition) is 2. The maximum absolute atomic E-state index is 14.9. The molecule has 2 aromatic rings. The van der Waals surface area contributed by atoms with Gasteiger partial charge in [-0.1, -0.05) is 63.3 Å². The molecular weight excluding hydrogens is 542 g/mol. The summed E-state index contributed by atoms with van der Waals surface area (Å²) in [6, 6.07) is 16.8. The number of Topliss-reactive ketones (excluding diaryl/α,β-unsaturated/α-hetero) is 1. The first-order valence-electron chi connectivity index (χ1n) is 15.4. The summed E-state index contributed by atoms with van der Waals surface area (Å²) < 4.78 is 19.0. The topological polar surface area (TPSA) is 94.1 Å². The number of hydrogen-bond acceptors (Lipinski definition) is 7. The fraction of sp³-hybridized carbons (Fsp3) is 0.500. The predicted octanol–water partition coefficient (Wildman–Crippen LogP) is 6.22. The largest absolute Gasteiger partial charge is 0.451 e. The van der Waals surface area contributed by atoms with E-state index in [0.29, 0.717) is 22.7 Å². The normalized spacial score (nSPS) is 38.3. The summed E-state index contributed by atoms with van der Waals surface area (Å²) in [4.78, 5) is 28.9. The van der Waals surface area contributed by atoms with Crippen LogP contribution in [0.25, 0.3) is 0 Å². The lowest BCUT2D eigenvalue weighted by atomic mass is 9.59. The summed E-state index contributed by atoms with van der Waals surface area (Å²) in [6.45, 7) is 12.3. The molecule has 3 fully saturated rings. The number of aliphatic hydroxyl groups is 1. The average Bonchev–Trinajstić information content (AvgIpc) is 3.46. The average molecular weight is 584 g/mol. The second-order valence-corrected chi connectivity index (χ2v) is 14.3. The Kier molecular flexibility index (Phi) is 6.21. The number of ether oxygens (including phenoxy) is 3. The maximum Gasteiger partial charge on any atom is 0.340 e. The van der Waals surface area contributed by atoms with Gasteiger partial charge in [-0.05, 0) is 85.8 Å². The van der Waals surface area contributed by atoms with Crippen molar-refractivity contribution in [2.24, 2.45) is 34.5 Å². The van der Waals surface area contributed by atoms with Crippen molar-refractivity contribution in [1.82, 2.24) is 0 Å². The van der Waals surface area contributed by atoms with Crippen molar-refractivity contribution in [2.45, 2.75) is 71.6 Å². The number of carbonyl (C=O) groups is 2. The van der Waals surface area contributed by atoms with Crippen LogP contribution in [-0.2, 0) is 19.0 Å². The van der Waals surface area contributed by atoms with Gasteiger partial charge in [0.25, 0.3) is 0 Å². The van der Waals surface area contributed by atoms with Crippen molar-refractivity contribution < 1.29 is 28.9 Å². The number of carbonyl (C=O) groups excluding carboxylic acids is 2. The first kappa shape index (κ1) is 28.5. The molecule has 7 heteroatoms. The highest BCUT2D eigenvalue weighted by Crippen LogP contribution is 2.72. The van der Waals surface area contributed by atoms with Gasteiger partial charge in [0.05, 0.1) is 23.3 Å². The van der Waals surface area contributed by atoms with Gasteiger partial charge in [0.15, 0.2) is 23.3 Å². The third-order valence-electron chi connectivity index (χ3n) is 11.1. The van der Waals surface area contributed by atoms with Crippen molar-refractivity contribution in [1.29, 1.82) is 0 Å². The molecule has 1 unspecified atom stereocenters. The molecule has 0 amide bonds. The van der Waals surface area contributed by atoms with Crippen LogP contribution in [0.1, 0.15) is 58.3 Å². The first-order chi connectivity index (χ1) is 20.3. The van der Waals surface area contributed by atoms with Gasteiger partial charge < -0.3 is 24.6 Å². The maximum atomic E-state index is 14.9. The van der Waals surface area contributed by atoms with Gasteiger partial charge in [-0.2, -0.15) is 0 Å². The van der Waals surface area contributed by atoms with Crippen LogP contribution in [0.2, 0.25) is 0 Å². The van der Waals surface area contributed by atoms with Gasteiger partial charge >= 0.3 is 5.97 Å². The molecule has 2 aromatic carbocycles. The van der Waals surface area contributed by atoms with Crippen molar-refractivity contribution in [2.75, 3.05) is 11.9 Å². The Hall–Kier alpha value is -3.26. The zero-order valence-electron chi connectivity index (χ0n) is 25.7. The van der Waals surface area contributed by atoms with Crippen LogP contribution in [0, 0.1) is 34.5 Å². The summed E-state index contributed by atoms with van der Waals surface area (Å²) >= 11 is 0. The van der Waals surface area contributed by atoms with Crippen molar-refractivity contribution in [3.8, 4) is 0 Å². The van der Waals surface area contributed by atoms with E-state index < -0.39 is 35.0 Å². The summed E-state index contributed by atoms with van der Waals surface area (Å²) in [6.07, 6.45) is 2.74. The van der Waals surface area contributed by atoms with Crippen LogP contribution >= 0.6 is 0 Å². The van der Waals surface area contributed by atoms with E-state index in [1.165, 1.54) is 0 Å². The number of rotatable bonds is 4. The monoisotopic (exact) mass is 583 g/mol. The number of benzene rings is 2. The Morgan fingerprint density at radius 1 is 1.05 bits per heavy atom. The molecule has 2 N–H and O–H groups in total. The Morgan fingerprint density at radius 2 is 1.74 bits per heavy atom. The van der Waals surface area contributed by atoms with Crippen LogP contribution in [0.5, 0.6) is 0 Å². The van der Waals surface area contributed by atoms with E-state index in [1.807, 2.05) is 75.4 Å². The second kappa shape index (κ2) is 9.37. The molecule has 2 bridgehead atoms. The Bertz CT molecular complexity index is 1560. The molecule has 43 heavy (non-hydrogen) atoms. The lowest BCUT2D eigenvalue weighted by molar-refractivity contribution is -0.302. The van der Waals surface area contributed by atoms with Gasteiger partial charge in [0.2, 0.25) is 0 Å². The van der Waals surface area contributed by atoms with Crippen LogP contribution in [-0.4, -0.2) is 47.1 Å². The molecule has 1 heterocycles. The molecule has 1 aliphatic heterocycles. The minimum atomic E-state index is -1.85. The van der Waals surface area contributed by atoms with E-state index in [0.717, 1.165) is 17.7 Å². The van der Waals surface area contributed by atoms with E-state index in [1.54, 1.807) is 12.1 Å². The molecule has 8 atom stereocenters. The number of anilines is 2. The summed E-state index contributed by atoms with van der Waals surface area (Å²) in [5.41, 5.74) is 0.0505. The van der Waals surface area contributed by atoms with Crippen LogP contribution < -0.4 is 5.32 Å². The second-order valence-electron chi connectivity index (χ2n) is 14.3. The minimum Gasteiger partial charge on any atom is -0.451 e. The summed E-state index contributed by atoms with van der Waals surface area (Å²) in [5.74, 6) is -1.62. The van der Waals surface area contributed by atoms with Crippen molar-refractivity contribution in [3.63, 3.8) is 0 Å². The Morgan fingerprint density at radius 3 is 2.49 bits per heavy atom. The first-order valence-corrected chi connectivity index (χ1v) is 15.4. The van der Waals surface area contributed by atoms with Gasteiger partial charge in [-0.25, -0.2) is 4.79 Å². The lowest BCUT2D eigenvalue weighted by Gasteiger charge is -2.52. The number of fused-ring (bicyclic) bond motifs is 5. The quantitative estimate of drug-likeness (QED) is 0.326. The molecule has 5 aliphatic rings. The number of para-hydroxylation sites is 2. The van der Waals surface area contributed by atoms with E-state index in [9.17, 15) is 14.7 Å². The van der Waals surface area contributed by atoms with Crippen molar-refractivity contribution in [3.05, 3.63) is 83.5 Å². The zero-order chi connectivity index (χ0) is 30.5. The molecular formula is C36H41NO6. The van der Waals surface area contributed by atoms with Gasteiger partial charge in [0.1, 0.15) is 6.10 Å². The summed E-state index contributed by atoms with van der Waals surface area (Å²) in [7, 11) is 0. The number of ketones is 1. The highest BCUT2D eigenvalue weighted by atomic mass is 16.7. The smallest absolute Gasteiger partial charge is 0.340 e. The van der Waals surface area contributed by atoms with Gasteiger partial charge in [-0.15, -0.1) is 0 Å². The van der Waals surface area contributed by atoms with Crippen molar-refractivity contribution >= 4 is 23.1 Å². The minimum absolute atomic E-state index is 0.00655. The highest BCUT2D eigenvalue weighted by molar-refractivity contribution is 5.98. The van der Waals surface area contributed by atoms with E-state index in [2.05, 4.69) is 26.1 Å². The molecule has 7 rings (SSSR count). The molecule has 0 radical (unpaired) electrons. The van der Waals surface area contributed by atoms with Gasteiger partial charge in [-0.3, -0.25) is 4.79 Å². The molecule has 2 saturated carbocycles. The molecule has 0 aromatic heterocycles. The molecule has 1 saturated heterocycles. The third kappa shape index (κ3) is 3.97. The number of nitrogens with one attached hydrogen (secondary N) is 1. The molecule has 1 spiro atoms. The standard InChI is InChI=1S/C36H41NO6/c1-20-18-35-21(2)16-26-28(33(26,3)4)25(29(35)38)17-22-19-41-34(5,6)43-31(22)36(35,40)30(20)42-32(39)24-14-10-11-15-27(24)37-23-12-8-7-9-13-23/h7-15,17-18,21,25-26,28,30-31,37,40H,16,19H2,1-6H3/t21-,25+,26-,28?,30+,31-,35+,36-/m1/s1. The number of esters is 1. The fourth-order valence-corrected chi connectivity index (χ4v) is 8.92. The SMILES string of the molecule is CC1=C[C@]23C(=O)[C@@H](C=C4COC(C)(C)O[C@H]4[C@]2(O)[C@H]1OC(=O)c1ccccc1Nc1ccccc1)C1[C@@H](C[C@H]3C)C1(C)C. The summed E-state index contributed by atoms with van der Waals surface area (Å²) in [5, 5.41) is 16.6. The van der Waals surface area contributed by atoms with Crippen LogP contribution in [0.15, 0.2) is 77.9 Å². The fourth-order valence-electron chi connectivity index (χ4n) is 8.92. The Labute approximate surface area is 253 Å². The third-order valence-corrected chi connectivity index (χ3v) is 11.1. The molecule has 226 valence electrons. The zero-order valence-corrected chi connectivity index (χ0v) is 25.7. The molecule has 4 aliphatic carbocycles. The van der Waals surface area contributed by atoms with E-state index in [-0.39, 0.29) is 35.6 Å². The molecule has 7 nitrogen and oxygen atoms in total. The predicted molar refractivity (Wildman–Crippen MR) is 163 cm³/mol. The number of allylic oxidation sites excluding steroid dienone is 1. The van der Waals surface area contributed by atoms with Crippen LogP contribution in [0.3, 0.4) is 0 Å². The lowest BCUT2D eigenvalue weighted by Crippen LogP contribution is -2.68. The van der Waals surface area contributed by atoms with E-state index >= 15 is 0 Å².